The highest BCUT2D eigenvalue weighted by Gasteiger charge is 2.62. The first kappa shape index (κ1) is 22.6. The second-order valence-electron chi connectivity index (χ2n) is 12.6. The third kappa shape index (κ3) is 3.54. The molecule has 2 nitrogen and oxygen atoms in total. The number of aliphatic hydroxyl groups excluding tert-OH is 1. The number of carbonyl (C=O) groups excluding carboxylic acids is 1. The third-order valence-electron chi connectivity index (χ3n) is 10.9. The van der Waals surface area contributed by atoms with Crippen molar-refractivity contribution in [1.82, 2.24) is 0 Å². The summed E-state index contributed by atoms with van der Waals surface area (Å²) in [6, 6.07) is 0. The standard InChI is InChI=1S/C28H46O2/c1-17(2)18(3)7-8-19(4)22-9-10-23-21-16-26(30)25-15-20(29)11-13-28(25,6)24(21)12-14-27(22,23)5/h7-8,17-25,29H,9-16H2,1-6H3/b8-7+/t18?,19-,20+,21+,22-,23+,24+,25-,27-,28-/m1/s1. The van der Waals surface area contributed by atoms with Crippen LogP contribution in [0.3, 0.4) is 0 Å². The Hall–Kier alpha value is -0.630. The average Bonchev–Trinajstić information content (AvgIpc) is 3.04. The number of ketones is 1. The van der Waals surface area contributed by atoms with E-state index in [0.29, 0.717) is 46.7 Å². The molecule has 2 heteroatoms. The number of fused-ring (bicyclic) bond motifs is 5. The smallest absolute Gasteiger partial charge is 0.136 e. The van der Waals surface area contributed by atoms with Crippen molar-refractivity contribution >= 4 is 5.78 Å². The lowest BCUT2D eigenvalue weighted by atomic mass is 9.44. The van der Waals surface area contributed by atoms with Crippen LogP contribution in [0.4, 0.5) is 0 Å². The predicted octanol–water partition coefficient (Wildman–Crippen LogP) is 6.67. The number of Topliss-reactive ketones (excluding diaryl/α,β-unsaturated/α-hetero) is 1. The number of carbonyl (C=O) groups is 1. The average molecular weight is 415 g/mol. The van der Waals surface area contributed by atoms with E-state index in [1.54, 1.807) is 0 Å². The van der Waals surface area contributed by atoms with Gasteiger partial charge in [-0.05, 0) is 97.2 Å². The topological polar surface area (TPSA) is 37.3 Å². The lowest BCUT2D eigenvalue weighted by molar-refractivity contribution is -0.159. The molecular formula is C28H46O2. The van der Waals surface area contributed by atoms with Gasteiger partial charge in [0.15, 0.2) is 0 Å². The molecule has 4 aliphatic carbocycles. The van der Waals surface area contributed by atoms with Crippen LogP contribution in [0.1, 0.15) is 92.9 Å². The fraction of sp³-hybridized carbons (Fsp3) is 0.893. The van der Waals surface area contributed by atoms with Crippen LogP contribution in [0.15, 0.2) is 12.2 Å². The van der Waals surface area contributed by atoms with Crippen LogP contribution in [-0.2, 0) is 4.79 Å². The second-order valence-corrected chi connectivity index (χ2v) is 12.6. The molecule has 170 valence electrons. The monoisotopic (exact) mass is 414 g/mol. The fourth-order valence-corrected chi connectivity index (χ4v) is 8.63. The van der Waals surface area contributed by atoms with E-state index in [-0.39, 0.29) is 17.4 Å². The molecule has 0 aromatic heterocycles. The van der Waals surface area contributed by atoms with Crippen molar-refractivity contribution in [3.8, 4) is 0 Å². The van der Waals surface area contributed by atoms with Gasteiger partial charge in [-0.1, -0.05) is 53.7 Å². The lowest BCUT2D eigenvalue weighted by Crippen LogP contribution is -2.57. The Morgan fingerprint density at radius 2 is 1.60 bits per heavy atom. The maximum Gasteiger partial charge on any atom is 0.136 e. The van der Waals surface area contributed by atoms with Crippen LogP contribution in [0.5, 0.6) is 0 Å². The molecule has 0 spiro atoms. The maximum atomic E-state index is 13.3. The van der Waals surface area contributed by atoms with Crippen molar-refractivity contribution in [2.24, 2.45) is 58.2 Å². The molecule has 0 amide bonds. The highest BCUT2D eigenvalue weighted by Crippen LogP contribution is 2.67. The zero-order valence-corrected chi connectivity index (χ0v) is 20.4. The molecule has 1 unspecified atom stereocenters. The van der Waals surface area contributed by atoms with Gasteiger partial charge in [0.2, 0.25) is 0 Å². The number of rotatable bonds is 4. The molecule has 4 rings (SSSR count). The summed E-state index contributed by atoms with van der Waals surface area (Å²) < 4.78 is 0. The molecule has 0 bridgehead atoms. The number of aliphatic hydroxyl groups is 1. The first-order chi connectivity index (χ1) is 14.1. The van der Waals surface area contributed by atoms with Crippen molar-refractivity contribution in [1.29, 1.82) is 0 Å². The molecule has 4 saturated carbocycles. The minimum atomic E-state index is -0.255. The van der Waals surface area contributed by atoms with E-state index < -0.39 is 0 Å². The van der Waals surface area contributed by atoms with Gasteiger partial charge in [0.25, 0.3) is 0 Å². The van der Waals surface area contributed by atoms with Crippen molar-refractivity contribution in [3.63, 3.8) is 0 Å². The van der Waals surface area contributed by atoms with E-state index in [0.717, 1.165) is 31.6 Å². The van der Waals surface area contributed by atoms with Crippen LogP contribution in [0.25, 0.3) is 0 Å². The molecule has 4 aliphatic rings. The largest absolute Gasteiger partial charge is 0.393 e. The predicted molar refractivity (Wildman–Crippen MR) is 124 cm³/mol. The van der Waals surface area contributed by atoms with Gasteiger partial charge in [-0.3, -0.25) is 4.79 Å². The SMILES string of the molecule is CC(C)C(C)/C=C/[C@@H](C)[C@H]1CC[C@H]2[C@@H]3CC(=O)[C@H]4C[C@@H](O)CC[C@]4(C)[C@H]3CC[C@]12C. The van der Waals surface area contributed by atoms with Crippen LogP contribution >= 0.6 is 0 Å². The molecule has 0 aromatic carbocycles. The van der Waals surface area contributed by atoms with E-state index in [2.05, 4.69) is 53.7 Å². The van der Waals surface area contributed by atoms with Gasteiger partial charge >= 0.3 is 0 Å². The van der Waals surface area contributed by atoms with Gasteiger partial charge in [0, 0.05) is 12.3 Å². The normalized spacial score (nSPS) is 48.3. The molecule has 1 N–H and O–H groups in total. The summed E-state index contributed by atoms with van der Waals surface area (Å²) in [4.78, 5) is 13.3. The fourth-order valence-electron chi connectivity index (χ4n) is 8.63. The Morgan fingerprint density at radius 1 is 0.933 bits per heavy atom. The van der Waals surface area contributed by atoms with Crippen molar-refractivity contribution in [2.45, 2.75) is 99.0 Å². The quantitative estimate of drug-likeness (QED) is 0.522. The van der Waals surface area contributed by atoms with Gasteiger partial charge in [0.1, 0.15) is 5.78 Å². The van der Waals surface area contributed by atoms with E-state index in [1.165, 1.54) is 25.7 Å². The Balaban J connectivity index is 1.54. The Labute approximate surface area is 185 Å². The number of allylic oxidation sites excluding steroid dienone is 2. The molecule has 0 radical (unpaired) electrons. The van der Waals surface area contributed by atoms with Crippen LogP contribution in [0, 0.1) is 58.2 Å². The van der Waals surface area contributed by atoms with E-state index in [9.17, 15) is 9.90 Å². The van der Waals surface area contributed by atoms with Crippen molar-refractivity contribution in [2.75, 3.05) is 0 Å². The summed E-state index contributed by atoms with van der Waals surface area (Å²) in [7, 11) is 0. The molecule has 10 atom stereocenters. The lowest BCUT2D eigenvalue weighted by Gasteiger charge is -2.60. The summed E-state index contributed by atoms with van der Waals surface area (Å²) in [6.07, 6.45) is 13.4. The summed E-state index contributed by atoms with van der Waals surface area (Å²) in [5.74, 6) is 5.31. The number of hydrogen-bond donors (Lipinski definition) is 1. The zero-order chi connectivity index (χ0) is 21.8. The second kappa shape index (κ2) is 8.05. The summed E-state index contributed by atoms with van der Waals surface area (Å²) in [6.45, 7) is 14.4. The summed E-state index contributed by atoms with van der Waals surface area (Å²) in [5, 5.41) is 10.2. The van der Waals surface area contributed by atoms with Crippen LogP contribution < -0.4 is 0 Å². The Kier molecular flexibility index (Phi) is 6.06. The first-order valence-electron chi connectivity index (χ1n) is 13.0. The molecule has 0 saturated heterocycles. The van der Waals surface area contributed by atoms with Crippen molar-refractivity contribution in [3.05, 3.63) is 12.2 Å². The van der Waals surface area contributed by atoms with Crippen LogP contribution in [0.2, 0.25) is 0 Å². The third-order valence-corrected chi connectivity index (χ3v) is 10.9. The van der Waals surface area contributed by atoms with Gasteiger partial charge in [-0.15, -0.1) is 0 Å². The first-order valence-corrected chi connectivity index (χ1v) is 13.0. The van der Waals surface area contributed by atoms with Gasteiger partial charge in [-0.25, -0.2) is 0 Å². The molecule has 0 aliphatic heterocycles. The van der Waals surface area contributed by atoms with Gasteiger partial charge < -0.3 is 5.11 Å². The molecule has 0 heterocycles. The Bertz CT molecular complexity index is 680. The molecular weight excluding hydrogens is 368 g/mol. The zero-order valence-electron chi connectivity index (χ0n) is 20.4. The Morgan fingerprint density at radius 3 is 2.30 bits per heavy atom. The van der Waals surface area contributed by atoms with Crippen LogP contribution in [-0.4, -0.2) is 17.0 Å². The summed E-state index contributed by atoms with van der Waals surface area (Å²) in [5.41, 5.74) is 0.528. The van der Waals surface area contributed by atoms with E-state index in [1.807, 2.05) is 0 Å². The van der Waals surface area contributed by atoms with Crippen molar-refractivity contribution < 1.29 is 9.90 Å². The maximum absolute atomic E-state index is 13.3. The highest BCUT2D eigenvalue weighted by molar-refractivity contribution is 5.83. The minimum absolute atomic E-state index is 0.114. The van der Waals surface area contributed by atoms with Gasteiger partial charge in [-0.2, -0.15) is 0 Å². The number of hydrogen-bond acceptors (Lipinski definition) is 2. The highest BCUT2D eigenvalue weighted by atomic mass is 16.3. The van der Waals surface area contributed by atoms with E-state index in [4.69, 9.17) is 0 Å². The molecule has 4 fully saturated rings. The van der Waals surface area contributed by atoms with E-state index >= 15 is 0 Å². The van der Waals surface area contributed by atoms with Gasteiger partial charge in [0.05, 0.1) is 6.10 Å². The molecule has 30 heavy (non-hydrogen) atoms. The molecule has 0 aromatic rings. The summed E-state index contributed by atoms with van der Waals surface area (Å²) >= 11 is 0. The minimum Gasteiger partial charge on any atom is -0.393 e.